The van der Waals surface area contributed by atoms with E-state index in [-0.39, 0.29) is 24.0 Å². The van der Waals surface area contributed by atoms with Crippen molar-refractivity contribution in [2.45, 2.75) is 13.5 Å². The molecule has 0 heterocycles. The van der Waals surface area contributed by atoms with Crippen molar-refractivity contribution in [1.29, 1.82) is 0 Å². The van der Waals surface area contributed by atoms with E-state index >= 15 is 0 Å². The Bertz CT molecular complexity index is 452. The van der Waals surface area contributed by atoms with Gasteiger partial charge in [0, 0.05) is 28.2 Å². The average molecular weight is 407 g/mol. The predicted octanol–water partition coefficient (Wildman–Crippen LogP) is 2.69. The van der Waals surface area contributed by atoms with E-state index in [4.69, 9.17) is 9.47 Å². The second kappa shape index (κ2) is 9.70. The van der Waals surface area contributed by atoms with Gasteiger partial charge < -0.3 is 19.3 Å². The van der Waals surface area contributed by atoms with Crippen molar-refractivity contribution in [2.24, 2.45) is 4.99 Å². The van der Waals surface area contributed by atoms with Gasteiger partial charge in [0.05, 0.1) is 20.3 Å². The van der Waals surface area contributed by atoms with Gasteiger partial charge in [0.25, 0.3) is 0 Å². The molecule has 0 aromatic heterocycles. The van der Waals surface area contributed by atoms with Crippen molar-refractivity contribution in [1.82, 2.24) is 9.80 Å². The Morgan fingerprint density at radius 1 is 1.10 bits per heavy atom. The van der Waals surface area contributed by atoms with Crippen LogP contribution in [0.15, 0.2) is 23.2 Å². The molecule has 0 N–H and O–H groups in total. The SMILES string of the molecule is CCOc1ccc(CN=C(N(C)C)N(C)C)cc1OC.I. The van der Waals surface area contributed by atoms with Crippen LogP contribution in [0.3, 0.4) is 0 Å². The summed E-state index contributed by atoms with van der Waals surface area (Å²) in [6.45, 7) is 3.19. The Kier molecular flexibility index (Phi) is 9.16. The van der Waals surface area contributed by atoms with Crippen molar-refractivity contribution in [3.63, 3.8) is 0 Å². The van der Waals surface area contributed by atoms with Crippen LogP contribution in [0, 0.1) is 0 Å². The zero-order valence-corrected chi connectivity index (χ0v) is 16.0. The Hall–Kier alpha value is -1.18. The summed E-state index contributed by atoms with van der Waals surface area (Å²) in [5.41, 5.74) is 1.09. The van der Waals surface area contributed by atoms with E-state index in [2.05, 4.69) is 4.99 Å². The maximum Gasteiger partial charge on any atom is 0.195 e. The molecule has 0 aliphatic carbocycles. The molecular weight excluding hydrogens is 381 g/mol. The first-order chi connectivity index (χ1) is 9.49. The number of methoxy groups -OCH3 is 1. The minimum atomic E-state index is 0. The number of hydrogen-bond acceptors (Lipinski definition) is 3. The zero-order valence-electron chi connectivity index (χ0n) is 13.7. The molecule has 21 heavy (non-hydrogen) atoms. The summed E-state index contributed by atoms with van der Waals surface area (Å²) in [5, 5.41) is 0. The molecule has 0 spiro atoms. The number of aliphatic imine (C=N–C) groups is 1. The molecular formula is C15H26IN3O2. The van der Waals surface area contributed by atoms with Gasteiger partial charge >= 0.3 is 0 Å². The van der Waals surface area contributed by atoms with E-state index in [9.17, 15) is 0 Å². The lowest BCUT2D eigenvalue weighted by Gasteiger charge is -2.22. The molecule has 0 atom stereocenters. The summed E-state index contributed by atoms with van der Waals surface area (Å²) in [6, 6.07) is 5.91. The van der Waals surface area contributed by atoms with Crippen molar-refractivity contribution < 1.29 is 9.47 Å². The monoisotopic (exact) mass is 407 g/mol. The molecule has 6 heteroatoms. The first kappa shape index (κ1) is 19.8. The van der Waals surface area contributed by atoms with Crippen LogP contribution in [0.1, 0.15) is 12.5 Å². The maximum absolute atomic E-state index is 5.51. The Morgan fingerprint density at radius 3 is 2.19 bits per heavy atom. The molecule has 0 amide bonds. The fourth-order valence-electron chi connectivity index (χ4n) is 1.93. The number of halogens is 1. The molecule has 1 aromatic rings. The van der Waals surface area contributed by atoms with E-state index in [1.165, 1.54) is 0 Å². The van der Waals surface area contributed by atoms with E-state index in [1.54, 1.807) is 7.11 Å². The fourth-order valence-corrected chi connectivity index (χ4v) is 1.93. The Morgan fingerprint density at radius 2 is 1.71 bits per heavy atom. The van der Waals surface area contributed by atoms with Gasteiger partial charge in [-0.15, -0.1) is 24.0 Å². The molecule has 5 nitrogen and oxygen atoms in total. The predicted molar refractivity (Wildman–Crippen MR) is 98.1 cm³/mol. The van der Waals surface area contributed by atoms with Crippen LogP contribution in [0.4, 0.5) is 0 Å². The molecule has 0 bridgehead atoms. The van der Waals surface area contributed by atoms with Gasteiger partial charge in [-0.3, -0.25) is 0 Å². The topological polar surface area (TPSA) is 37.3 Å². The lowest BCUT2D eigenvalue weighted by Crippen LogP contribution is -2.35. The molecule has 0 saturated heterocycles. The summed E-state index contributed by atoms with van der Waals surface area (Å²) in [7, 11) is 9.58. The quantitative estimate of drug-likeness (QED) is 0.428. The maximum atomic E-state index is 5.51. The Labute approximate surface area is 145 Å². The zero-order chi connectivity index (χ0) is 15.1. The summed E-state index contributed by atoms with van der Waals surface area (Å²) in [5.74, 6) is 2.44. The third-order valence-corrected chi connectivity index (χ3v) is 2.73. The fraction of sp³-hybridized carbons (Fsp3) is 0.533. The average Bonchev–Trinajstić information content (AvgIpc) is 2.39. The molecule has 120 valence electrons. The molecule has 0 saturated carbocycles. The molecule has 1 aromatic carbocycles. The molecule has 1 rings (SSSR count). The Balaban J connectivity index is 0.00000400. The summed E-state index contributed by atoms with van der Waals surface area (Å²) in [6.07, 6.45) is 0. The third-order valence-electron chi connectivity index (χ3n) is 2.73. The highest BCUT2D eigenvalue weighted by molar-refractivity contribution is 14.0. The normalized spacial score (nSPS) is 9.43. The number of benzene rings is 1. The highest BCUT2D eigenvalue weighted by Gasteiger charge is 2.07. The second-order valence-electron chi connectivity index (χ2n) is 4.82. The number of guanidine groups is 1. The van der Waals surface area contributed by atoms with Gasteiger partial charge in [-0.1, -0.05) is 6.07 Å². The number of ether oxygens (including phenoxy) is 2. The van der Waals surface area contributed by atoms with Crippen molar-refractivity contribution in [2.75, 3.05) is 41.9 Å². The van der Waals surface area contributed by atoms with E-state index < -0.39 is 0 Å². The van der Waals surface area contributed by atoms with E-state index in [0.717, 1.165) is 23.0 Å². The highest BCUT2D eigenvalue weighted by atomic mass is 127. The van der Waals surface area contributed by atoms with Crippen LogP contribution >= 0.6 is 24.0 Å². The summed E-state index contributed by atoms with van der Waals surface area (Å²) >= 11 is 0. The van der Waals surface area contributed by atoms with Crippen molar-refractivity contribution >= 4 is 29.9 Å². The third kappa shape index (κ3) is 5.99. The van der Waals surface area contributed by atoms with Crippen LogP contribution in [0.25, 0.3) is 0 Å². The lowest BCUT2D eigenvalue weighted by atomic mass is 10.2. The summed E-state index contributed by atoms with van der Waals surface area (Å²) < 4.78 is 10.9. The molecule has 0 fully saturated rings. The van der Waals surface area contributed by atoms with Crippen molar-refractivity contribution in [3.05, 3.63) is 23.8 Å². The van der Waals surface area contributed by atoms with E-state index in [0.29, 0.717) is 13.2 Å². The first-order valence-corrected chi connectivity index (χ1v) is 6.68. The van der Waals surface area contributed by atoms with Crippen LogP contribution in [0.5, 0.6) is 11.5 Å². The number of hydrogen-bond donors (Lipinski definition) is 0. The smallest absolute Gasteiger partial charge is 0.195 e. The molecule has 0 aliphatic heterocycles. The number of nitrogens with zero attached hydrogens (tertiary/aromatic N) is 3. The second-order valence-corrected chi connectivity index (χ2v) is 4.82. The van der Waals surface area contributed by atoms with Gasteiger partial charge in [0.2, 0.25) is 0 Å². The largest absolute Gasteiger partial charge is 0.493 e. The van der Waals surface area contributed by atoms with Crippen LogP contribution < -0.4 is 9.47 Å². The van der Waals surface area contributed by atoms with Gasteiger partial charge in [0.1, 0.15) is 0 Å². The number of rotatable bonds is 5. The molecule has 0 radical (unpaired) electrons. The van der Waals surface area contributed by atoms with Gasteiger partial charge in [-0.2, -0.15) is 0 Å². The van der Waals surface area contributed by atoms with Gasteiger partial charge in [-0.25, -0.2) is 4.99 Å². The van der Waals surface area contributed by atoms with Gasteiger partial charge in [0.15, 0.2) is 17.5 Å². The summed E-state index contributed by atoms with van der Waals surface area (Å²) in [4.78, 5) is 8.60. The highest BCUT2D eigenvalue weighted by Crippen LogP contribution is 2.28. The minimum Gasteiger partial charge on any atom is -0.493 e. The van der Waals surface area contributed by atoms with Crippen LogP contribution in [0.2, 0.25) is 0 Å². The molecule has 0 aliphatic rings. The standard InChI is InChI=1S/C15H25N3O2.HI/c1-7-20-13-9-8-12(10-14(13)19-6)11-16-15(17(2)3)18(4)5;/h8-10H,7,11H2,1-6H3;1H. The minimum absolute atomic E-state index is 0. The van der Waals surface area contributed by atoms with Crippen LogP contribution in [-0.2, 0) is 6.54 Å². The lowest BCUT2D eigenvalue weighted by molar-refractivity contribution is 0.310. The van der Waals surface area contributed by atoms with Gasteiger partial charge in [-0.05, 0) is 24.6 Å². The van der Waals surface area contributed by atoms with Crippen molar-refractivity contribution in [3.8, 4) is 11.5 Å². The van der Waals surface area contributed by atoms with E-state index in [1.807, 2.05) is 63.1 Å². The van der Waals surface area contributed by atoms with Crippen LogP contribution in [-0.4, -0.2) is 57.7 Å². The molecule has 0 unspecified atom stereocenters. The first-order valence-electron chi connectivity index (χ1n) is 6.68.